The summed E-state index contributed by atoms with van der Waals surface area (Å²) < 4.78 is 69.9. The molecule has 0 bridgehead atoms. The second-order valence-corrected chi connectivity index (χ2v) is 8.02. The van der Waals surface area contributed by atoms with E-state index in [9.17, 15) is 26.4 Å². The summed E-state index contributed by atoms with van der Waals surface area (Å²) in [5.41, 5.74) is -0.137. The fourth-order valence-corrected chi connectivity index (χ4v) is 4.46. The summed E-state index contributed by atoms with van der Waals surface area (Å²) >= 11 is 0. The smallest absolute Gasteiger partial charge is 0.378 e. The third-order valence-corrected chi connectivity index (χ3v) is 5.99. The van der Waals surface area contributed by atoms with Crippen molar-refractivity contribution in [1.82, 2.24) is 9.21 Å². The first-order chi connectivity index (χ1) is 12.0. The highest BCUT2D eigenvalue weighted by Gasteiger charge is 2.40. The lowest BCUT2D eigenvalue weighted by atomic mass is 10.2. The first-order valence-corrected chi connectivity index (χ1v) is 9.52. The first kappa shape index (κ1) is 20.7. The fourth-order valence-electron chi connectivity index (χ4n) is 2.65. The SMILES string of the molecule is CC(C)N(CC(F)(F)F)S(=O)(=O)c1ccccc1C(=O)N1CCOCC1. The number of carbonyl (C=O) groups excluding carboxylic acids is 1. The molecule has 0 aromatic heterocycles. The maximum atomic E-state index is 12.9. The highest BCUT2D eigenvalue weighted by Crippen LogP contribution is 2.27. The van der Waals surface area contributed by atoms with Gasteiger partial charge in [-0.2, -0.15) is 17.5 Å². The molecule has 0 spiro atoms. The van der Waals surface area contributed by atoms with E-state index in [2.05, 4.69) is 0 Å². The fraction of sp³-hybridized carbons (Fsp3) is 0.562. The van der Waals surface area contributed by atoms with Gasteiger partial charge in [-0.05, 0) is 26.0 Å². The van der Waals surface area contributed by atoms with Crippen LogP contribution in [-0.2, 0) is 14.8 Å². The van der Waals surface area contributed by atoms with Crippen molar-refractivity contribution >= 4 is 15.9 Å². The predicted molar refractivity (Wildman–Crippen MR) is 88.2 cm³/mol. The molecule has 1 heterocycles. The van der Waals surface area contributed by atoms with Gasteiger partial charge in [-0.1, -0.05) is 12.1 Å². The standard InChI is InChI=1S/C16H21F3N2O4S/c1-12(2)21(11-16(17,18)19)26(23,24)14-6-4-3-5-13(14)15(22)20-7-9-25-10-8-20/h3-6,12H,7-11H2,1-2H3. The van der Waals surface area contributed by atoms with Crippen LogP contribution in [0.2, 0.25) is 0 Å². The van der Waals surface area contributed by atoms with E-state index in [1.807, 2.05) is 0 Å². The van der Waals surface area contributed by atoms with Crippen molar-refractivity contribution in [1.29, 1.82) is 0 Å². The Kier molecular flexibility index (Phi) is 6.30. The lowest BCUT2D eigenvalue weighted by Gasteiger charge is -2.30. The van der Waals surface area contributed by atoms with Gasteiger partial charge in [0.05, 0.1) is 23.7 Å². The molecule has 1 aromatic carbocycles. The van der Waals surface area contributed by atoms with Crippen LogP contribution in [0.1, 0.15) is 24.2 Å². The summed E-state index contributed by atoms with van der Waals surface area (Å²) in [4.78, 5) is 13.7. The summed E-state index contributed by atoms with van der Waals surface area (Å²) in [7, 11) is -4.51. The zero-order valence-corrected chi connectivity index (χ0v) is 15.3. The summed E-state index contributed by atoms with van der Waals surface area (Å²) in [6, 6.07) is 4.42. The Hall–Kier alpha value is -1.65. The van der Waals surface area contributed by atoms with Crippen LogP contribution in [0, 0.1) is 0 Å². The number of ether oxygens (including phenoxy) is 1. The van der Waals surface area contributed by atoms with E-state index in [1.54, 1.807) is 0 Å². The van der Waals surface area contributed by atoms with Gasteiger partial charge in [0.25, 0.3) is 5.91 Å². The zero-order chi connectivity index (χ0) is 19.5. The van der Waals surface area contributed by atoms with E-state index in [-0.39, 0.29) is 5.56 Å². The lowest BCUT2D eigenvalue weighted by Crippen LogP contribution is -2.44. The number of rotatable bonds is 5. The van der Waals surface area contributed by atoms with Crippen molar-refractivity contribution in [2.45, 2.75) is 31.0 Å². The average molecular weight is 394 g/mol. The van der Waals surface area contributed by atoms with Gasteiger partial charge in [0.2, 0.25) is 10.0 Å². The Morgan fingerprint density at radius 2 is 1.81 bits per heavy atom. The van der Waals surface area contributed by atoms with Gasteiger partial charge in [0, 0.05) is 19.1 Å². The van der Waals surface area contributed by atoms with E-state index < -0.39 is 39.6 Å². The van der Waals surface area contributed by atoms with E-state index in [0.29, 0.717) is 30.6 Å². The largest absolute Gasteiger partial charge is 0.402 e. The van der Waals surface area contributed by atoms with Crippen LogP contribution in [0.25, 0.3) is 0 Å². The Morgan fingerprint density at radius 1 is 1.23 bits per heavy atom. The maximum absolute atomic E-state index is 12.9. The van der Waals surface area contributed by atoms with Crippen molar-refractivity contribution in [2.24, 2.45) is 0 Å². The summed E-state index contributed by atoms with van der Waals surface area (Å²) in [6.07, 6.45) is -4.69. The highest BCUT2D eigenvalue weighted by molar-refractivity contribution is 7.89. The highest BCUT2D eigenvalue weighted by atomic mass is 32.2. The number of carbonyl (C=O) groups is 1. The van der Waals surface area contributed by atoms with Gasteiger partial charge in [-0.3, -0.25) is 4.79 Å². The Balaban J connectivity index is 2.44. The van der Waals surface area contributed by atoms with Gasteiger partial charge in [0.1, 0.15) is 6.54 Å². The predicted octanol–water partition coefficient (Wildman–Crippen LogP) is 2.12. The normalized spacial score (nSPS) is 16.3. The van der Waals surface area contributed by atoms with E-state index in [0.717, 1.165) is 6.07 Å². The van der Waals surface area contributed by atoms with Crippen molar-refractivity contribution in [3.05, 3.63) is 29.8 Å². The van der Waals surface area contributed by atoms with Gasteiger partial charge < -0.3 is 9.64 Å². The number of halogens is 3. The van der Waals surface area contributed by atoms with Gasteiger partial charge >= 0.3 is 6.18 Å². The van der Waals surface area contributed by atoms with Crippen LogP contribution in [0.4, 0.5) is 13.2 Å². The first-order valence-electron chi connectivity index (χ1n) is 8.08. The number of benzene rings is 1. The number of amides is 1. The zero-order valence-electron chi connectivity index (χ0n) is 14.5. The molecule has 0 radical (unpaired) electrons. The number of nitrogens with zero attached hydrogens (tertiary/aromatic N) is 2. The second kappa shape index (κ2) is 7.93. The molecule has 1 aromatic rings. The lowest BCUT2D eigenvalue weighted by molar-refractivity contribution is -0.138. The molecule has 0 N–H and O–H groups in total. The Labute approximate surface area is 150 Å². The molecule has 1 fully saturated rings. The molecule has 1 aliphatic heterocycles. The number of hydrogen-bond acceptors (Lipinski definition) is 4. The van der Waals surface area contributed by atoms with E-state index in [4.69, 9.17) is 4.74 Å². The molecule has 146 valence electrons. The van der Waals surface area contributed by atoms with Crippen LogP contribution in [-0.4, -0.2) is 68.6 Å². The molecule has 0 unspecified atom stereocenters. The number of hydrogen-bond donors (Lipinski definition) is 0. The van der Waals surface area contributed by atoms with Crippen molar-refractivity contribution in [3.63, 3.8) is 0 Å². The third kappa shape index (κ3) is 4.74. The van der Waals surface area contributed by atoms with Crippen LogP contribution < -0.4 is 0 Å². The van der Waals surface area contributed by atoms with Crippen LogP contribution in [0.5, 0.6) is 0 Å². The second-order valence-electron chi connectivity index (χ2n) is 6.16. The monoisotopic (exact) mass is 394 g/mol. The molecule has 0 aliphatic carbocycles. The van der Waals surface area contributed by atoms with E-state index in [1.165, 1.54) is 36.9 Å². The molecule has 26 heavy (non-hydrogen) atoms. The van der Waals surface area contributed by atoms with Crippen molar-refractivity contribution < 1.29 is 31.1 Å². The van der Waals surface area contributed by atoms with Gasteiger partial charge in [-0.15, -0.1) is 0 Å². The average Bonchev–Trinajstić information content (AvgIpc) is 2.59. The van der Waals surface area contributed by atoms with Crippen LogP contribution in [0.15, 0.2) is 29.2 Å². The van der Waals surface area contributed by atoms with Crippen molar-refractivity contribution in [3.8, 4) is 0 Å². The van der Waals surface area contributed by atoms with Crippen LogP contribution >= 0.6 is 0 Å². The molecule has 6 nitrogen and oxygen atoms in total. The molecule has 10 heteroatoms. The quantitative estimate of drug-likeness (QED) is 0.767. The summed E-state index contributed by atoms with van der Waals surface area (Å²) in [6.45, 7) is 2.34. The summed E-state index contributed by atoms with van der Waals surface area (Å²) in [5, 5.41) is 0. The van der Waals surface area contributed by atoms with Gasteiger partial charge in [-0.25, -0.2) is 8.42 Å². The topological polar surface area (TPSA) is 66.9 Å². The Bertz CT molecular complexity index is 744. The minimum atomic E-state index is -4.69. The number of morpholine rings is 1. The third-order valence-electron chi connectivity index (χ3n) is 3.91. The van der Waals surface area contributed by atoms with Crippen LogP contribution in [0.3, 0.4) is 0 Å². The molecular weight excluding hydrogens is 373 g/mol. The molecule has 1 aliphatic rings. The van der Waals surface area contributed by atoms with Gasteiger partial charge in [0.15, 0.2) is 0 Å². The maximum Gasteiger partial charge on any atom is 0.402 e. The molecule has 0 atom stereocenters. The minimum Gasteiger partial charge on any atom is -0.378 e. The molecular formula is C16H21F3N2O4S. The Morgan fingerprint density at radius 3 is 2.35 bits per heavy atom. The van der Waals surface area contributed by atoms with E-state index >= 15 is 0 Å². The molecule has 0 saturated carbocycles. The molecule has 2 rings (SSSR count). The molecule has 1 saturated heterocycles. The molecule has 1 amide bonds. The number of alkyl halides is 3. The minimum absolute atomic E-state index is 0.137. The van der Waals surface area contributed by atoms with Crippen molar-refractivity contribution in [2.75, 3.05) is 32.8 Å². The summed E-state index contributed by atoms with van der Waals surface area (Å²) in [5.74, 6) is -0.539. The number of sulfonamides is 1.